The van der Waals surface area contributed by atoms with Crippen molar-refractivity contribution in [2.24, 2.45) is 0 Å². The SMILES string of the molecule is CN(C)S(=O)(=O)c1ccc(CCC(=O)Nc2cccc(Cl)c2Cl)cc1. The minimum Gasteiger partial charge on any atom is -0.325 e. The maximum atomic E-state index is 12.0. The molecule has 0 atom stereocenters. The van der Waals surface area contributed by atoms with E-state index in [0.717, 1.165) is 9.87 Å². The quantitative estimate of drug-likeness (QED) is 0.801. The molecule has 2 aromatic rings. The number of carbonyl (C=O) groups excluding carboxylic acids is 1. The lowest BCUT2D eigenvalue weighted by molar-refractivity contribution is -0.116. The third kappa shape index (κ3) is 4.95. The molecule has 0 unspecified atom stereocenters. The van der Waals surface area contributed by atoms with Gasteiger partial charge in [0.25, 0.3) is 0 Å². The monoisotopic (exact) mass is 400 g/mol. The molecule has 2 rings (SSSR count). The molecular formula is C17H18Cl2N2O3S. The van der Waals surface area contributed by atoms with Crippen molar-refractivity contribution in [2.45, 2.75) is 17.7 Å². The lowest BCUT2D eigenvalue weighted by atomic mass is 10.1. The Labute approximate surface area is 157 Å². The molecule has 0 fully saturated rings. The van der Waals surface area contributed by atoms with E-state index in [1.807, 2.05) is 0 Å². The van der Waals surface area contributed by atoms with Gasteiger partial charge < -0.3 is 5.32 Å². The van der Waals surface area contributed by atoms with Crippen LogP contribution in [0.4, 0.5) is 5.69 Å². The fourth-order valence-electron chi connectivity index (χ4n) is 2.11. The van der Waals surface area contributed by atoms with Crippen LogP contribution in [0.2, 0.25) is 10.0 Å². The average Bonchev–Trinajstić information content (AvgIpc) is 2.57. The van der Waals surface area contributed by atoms with E-state index in [2.05, 4.69) is 5.32 Å². The average molecular weight is 401 g/mol. The zero-order valence-corrected chi connectivity index (χ0v) is 16.1. The Balaban J connectivity index is 1.97. The molecule has 0 saturated carbocycles. The Morgan fingerprint density at radius 2 is 1.72 bits per heavy atom. The van der Waals surface area contributed by atoms with Crippen LogP contribution in [0.3, 0.4) is 0 Å². The summed E-state index contributed by atoms with van der Waals surface area (Å²) in [6.07, 6.45) is 0.717. The number of anilines is 1. The maximum Gasteiger partial charge on any atom is 0.242 e. The number of hydrogen-bond acceptors (Lipinski definition) is 3. The molecule has 8 heteroatoms. The van der Waals surface area contributed by atoms with Crippen molar-refractivity contribution in [1.82, 2.24) is 4.31 Å². The lowest BCUT2D eigenvalue weighted by Crippen LogP contribution is -2.22. The summed E-state index contributed by atoms with van der Waals surface area (Å²) in [5.74, 6) is -0.200. The highest BCUT2D eigenvalue weighted by Crippen LogP contribution is 2.29. The van der Waals surface area contributed by atoms with Gasteiger partial charge in [-0.05, 0) is 36.2 Å². The molecular weight excluding hydrogens is 383 g/mol. The number of rotatable bonds is 6. The van der Waals surface area contributed by atoms with E-state index in [0.29, 0.717) is 22.2 Å². The van der Waals surface area contributed by atoms with E-state index in [4.69, 9.17) is 23.2 Å². The molecule has 2 aromatic carbocycles. The Kier molecular flexibility index (Phi) is 6.46. The first-order chi connectivity index (χ1) is 11.7. The van der Waals surface area contributed by atoms with E-state index in [1.165, 1.54) is 26.2 Å². The number of amides is 1. The fourth-order valence-corrected chi connectivity index (χ4v) is 3.36. The van der Waals surface area contributed by atoms with E-state index in [-0.39, 0.29) is 17.2 Å². The highest BCUT2D eigenvalue weighted by Gasteiger charge is 2.16. The minimum absolute atomic E-state index is 0.200. The van der Waals surface area contributed by atoms with Crippen molar-refractivity contribution in [3.05, 3.63) is 58.1 Å². The second-order valence-electron chi connectivity index (χ2n) is 5.58. The fraction of sp³-hybridized carbons (Fsp3) is 0.235. The molecule has 0 aliphatic heterocycles. The van der Waals surface area contributed by atoms with Gasteiger partial charge in [0, 0.05) is 20.5 Å². The molecule has 1 N–H and O–H groups in total. The highest BCUT2D eigenvalue weighted by molar-refractivity contribution is 7.89. The van der Waals surface area contributed by atoms with Gasteiger partial charge in [-0.15, -0.1) is 0 Å². The van der Waals surface area contributed by atoms with E-state index >= 15 is 0 Å². The second-order valence-corrected chi connectivity index (χ2v) is 8.52. The van der Waals surface area contributed by atoms with Crippen LogP contribution in [0.5, 0.6) is 0 Å². The van der Waals surface area contributed by atoms with Gasteiger partial charge in [-0.1, -0.05) is 41.4 Å². The van der Waals surface area contributed by atoms with Crippen LogP contribution >= 0.6 is 23.2 Å². The summed E-state index contributed by atoms with van der Waals surface area (Å²) in [7, 11) is -0.486. The second kappa shape index (κ2) is 8.19. The largest absolute Gasteiger partial charge is 0.325 e. The lowest BCUT2D eigenvalue weighted by Gasteiger charge is -2.12. The number of hydrogen-bond donors (Lipinski definition) is 1. The third-order valence-corrected chi connectivity index (χ3v) is 6.22. The molecule has 0 aliphatic rings. The minimum atomic E-state index is -3.45. The summed E-state index contributed by atoms with van der Waals surface area (Å²) in [5, 5.41) is 3.39. The molecule has 0 spiro atoms. The van der Waals surface area contributed by atoms with Crippen molar-refractivity contribution in [3.8, 4) is 0 Å². The first kappa shape index (κ1) is 19.7. The molecule has 5 nitrogen and oxygen atoms in total. The van der Waals surface area contributed by atoms with Crippen molar-refractivity contribution >= 4 is 44.8 Å². The molecule has 0 radical (unpaired) electrons. The zero-order chi connectivity index (χ0) is 18.6. The molecule has 0 saturated heterocycles. The summed E-state index contributed by atoms with van der Waals surface area (Å²) in [5.41, 5.74) is 1.33. The smallest absolute Gasteiger partial charge is 0.242 e. The number of halogens is 2. The Morgan fingerprint density at radius 3 is 2.32 bits per heavy atom. The normalized spacial score (nSPS) is 11.6. The summed E-state index contributed by atoms with van der Waals surface area (Å²) >= 11 is 11.9. The predicted octanol–water partition coefficient (Wildman–Crippen LogP) is 3.82. The molecule has 0 bridgehead atoms. The zero-order valence-electron chi connectivity index (χ0n) is 13.8. The molecule has 0 aromatic heterocycles. The van der Waals surface area contributed by atoms with E-state index in [1.54, 1.807) is 30.3 Å². The molecule has 0 heterocycles. The standard InChI is InChI=1S/C17H18Cl2N2O3S/c1-21(2)25(23,24)13-9-6-12(7-10-13)8-11-16(22)20-15-5-3-4-14(18)17(15)19/h3-7,9-10H,8,11H2,1-2H3,(H,20,22). The van der Waals surface area contributed by atoms with Gasteiger partial charge in [-0.3, -0.25) is 4.79 Å². The van der Waals surface area contributed by atoms with Gasteiger partial charge in [0.1, 0.15) is 0 Å². The summed E-state index contributed by atoms with van der Waals surface area (Å²) in [4.78, 5) is 12.3. The van der Waals surface area contributed by atoms with Crippen LogP contribution < -0.4 is 5.32 Å². The highest BCUT2D eigenvalue weighted by atomic mass is 35.5. The van der Waals surface area contributed by atoms with Gasteiger partial charge in [0.2, 0.25) is 15.9 Å². The third-order valence-electron chi connectivity index (χ3n) is 3.57. The van der Waals surface area contributed by atoms with Crippen molar-refractivity contribution in [1.29, 1.82) is 0 Å². The number of sulfonamides is 1. The number of nitrogens with one attached hydrogen (secondary N) is 1. The van der Waals surface area contributed by atoms with Crippen molar-refractivity contribution < 1.29 is 13.2 Å². The first-order valence-electron chi connectivity index (χ1n) is 7.47. The van der Waals surface area contributed by atoms with Crippen molar-refractivity contribution in [3.63, 3.8) is 0 Å². The van der Waals surface area contributed by atoms with E-state index < -0.39 is 10.0 Å². The van der Waals surface area contributed by atoms with Gasteiger partial charge in [-0.25, -0.2) is 12.7 Å². The van der Waals surface area contributed by atoms with Gasteiger partial charge in [0.15, 0.2) is 0 Å². The number of benzene rings is 2. The maximum absolute atomic E-state index is 12.0. The van der Waals surface area contributed by atoms with Gasteiger partial charge in [0.05, 0.1) is 20.6 Å². The number of aryl methyl sites for hydroxylation is 1. The Bertz CT molecular complexity index is 866. The number of nitrogens with zero attached hydrogens (tertiary/aromatic N) is 1. The molecule has 134 valence electrons. The van der Waals surface area contributed by atoms with Crippen LogP contribution in [-0.2, 0) is 21.2 Å². The summed E-state index contributed by atoms with van der Waals surface area (Å²) in [6.45, 7) is 0. The predicted molar refractivity (Wildman–Crippen MR) is 101 cm³/mol. The van der Waals surface area contributed by atoms with E-state index in [9.17, 15) is 13.2 Å². The molecule has 0 aliphatic carbocycles. The van der Waals surface area contributed by atoms with Crippen LogP contribution in [-0.4, -0.2) is 32.7 Å². The van der Waals surface area contributed by atoms with Gasteiger partial charge >= 0.3 is 0 Å². The van der Waals surface area contributed by atoms with Gasteiger partial charge in [-0.2, -0.15) is 0 Å². The Morgan fingerprint density at radius 1 is 1.08 bits per heavy atom. The number of carbonyl (C=O) groups is 1. The summed E-state index contributed by atoms with van der Waals surface area (Å²) < 4.78 is 25.2. The van der Waals surface area contributed by atoms with Crippen molar-refractivity contribution in [2.75, 3.05) is 19.4 Å². The topological polar surface area (TPSA) is 66.5 Å². The summed E-state index contributed by atoms with van der Waals surface area (Å²) in [6, 6.07) is 11.5. The Hall–Kier alpha value is -1.60. The van der Waals surface area contributed by atoms with Crippen LogP contribution in [0.1, 0.15) is 12.0 Å². The molecule has 25 heavy (non-hydrogen) atoms. The van der Waals surface area contributed by atoms with Crippen LogP contribution in [0.25, 0.3) is 0 Å². The van der Waals surface area contributed by atoms with Crippen LogP contribution in [0, 0.1) is 0 Å². The first-order valence-corrected chi connectivity index (χ1v) is 9.67. The molecule has 1 amide bonds. The van der Waals surface area contributed by atoms with Crippen LogP contribution in [0.15, 0.2) is 47.4 Å².